The monoisotopic (exact) mass is 205 g/mol. The highest BCUT2D eigenvalue weighted by atomic mass is 15.1. The molecule has 0 aliphatic heterocycles. The van der Waals surface area contributed by atoms with Crippen LogP contribution in [0.5, 0.6) is 0 Å². The standard InChI is InChI=1S/C12H19N3/c1-2-9(1)12(10-3-4-10)8-13-7-11-5-6-14-15-11/h5-6,9-10,12-13H,1-4,7-8H2,(H,14,15). The van der Waals surface area contributed by atoms with Crippen molar-refractivity contribution in [2.24, 2.45) is 17.8 Å². The Morgan fingerprint density at radius 1 is 1.33 bits per heavy atom. The maximum atomic E-state index is 3.95. The van der Waals surface area contributed by atoms with Crippen molar-refractivity contribution in [1.82, 2.24) is 15.5 Å². The van der Waals surface area contributed by atoms with Gasteiger partial charge < -0.3 is 5.32 Å². The molecular formula is C12H19N3. The van der Waals surface area contributed by atoms with E-state index in [2.05, 4.69) is 15.5 Å². The van der Waals surface area contributed by atoms with Gasteiger partial charge in [-0.1, -0.05) is 0 Å². The molecule has 0 amide bonds. The SMILES string of the molecule is c1cc(CNCC(C2CC2)C2CC2)[nH]n1. The largest absolute Gasteiger partial charge is 0.311 e. The number of hydrogen-bond donors (Lipinski definition) is 2. The Bertz CT molecular complexity index is 287. The summed E-state index contributed by atoms with van der Waals surface area (Å²) < 4.78 is 0. The fourth-order valence-corrected chi connectivity index (χ4v) is 2.52. The number of nitrogens with zero attached hydrogens (tertiary/aromatic N) is 1. The molecule has 2 N–H and O–H groups in total. The van der Waals surface area contributed by atoms with Crippen molar-refractivity contribution in [1.29, 1.82) is 0 Å². The lowest BCUT2D eigenvalue weighted by Crippen LogP contribution is -2.25. The molecule has 0 unspecified atom stereocenters. The van der Waals surface area contributed by atoms with Crippen molar-refractivity contribution >= 4 is 0 Å². The molecule has 2 aliphatic rings. The Balaban J connectivity index is 1.44. The van der Waals surface area contributed by atoms with Crippen LogP contribution < -0.4 is 5.32 Å². The summed E-state index contributed by atoms with van der Waals surface area (Å²) in [6.45, 7) is 2.14. The number of H-pyrrole nitrogens is 1. The number of rotatable bonds is 6. The van der Waals surface area contributed by atoms with Gasteiger partial charge in [0.05, 0.1) is 0 Å². The van der Waals surface area contributed by atoms with E-state index in [4.69, 9.17) is 0 Å². The van der Waals surface area contributed by atoms with Crippen molar-refractivity contribution in [3.05, 3.63) is 18.0 Å². The van der Waals surface area contributed by atoms with Crippen LogP contribution >= 0.6 is 0 Å². The molecule has 2 saturated carbocycles. The van der Waals surface area contributed by atoms with Gasteiger partial charge in [0.25, 0.3) is 0 Å². The second kappa shape index (κ2) is 3.97. The third-order valence-corrected chi connectivity index (χ3v) is 3.71. The molecule has 0 spiro atoms. The molecule has 15 heavy (non-hydrogen) atoms. The topological polar surface area (TPSA) is 40.7 Å². The van der Waals surface area contributed by atoms with Crippen LogP contribution in [0.4, 0.5) is 0 Å². The van der Waals surface area contributed by atoms with E-state index in [1.807, 2.05) is 12.3 Å². The maximum absolute atomic E-state index is 3.95. The quantitative estimate of drug-likeness (QED) is 0.745. The third kappa shape index (κ3) is 2.40. The molecule has 2 aliphatic carbocycles. The normalized spacial score (nSPS) is 21.1. The Morgan fingerprint density at radius 2 is 2.07 bits per heavy atom. The van der Waals surface area contributed by atoms with Crippen LogP contribution in [-0.2, 0) is 6.54 Å². The molecular weight excluding hydrogens is 186 g/mol. The lowest BCUT2D eigenvalue weighted by atomic mass is 9.98. The van der Waals surface area contributed by atoms with Gasteiger partial charge in [-0.15, -0.1) is 0 Å². The van der Waals surface area contributed by atoms with E-state index in [0.717, 1.165) is 24.3 Å². The zero-order valence-electron chi connectivity index (χ0n) is 9.08. The van der Waals surface area contributed by atoms with Crippen molar-refractivity contribution < 1.29 is 0 Å². The molecule has 1 aromatic rings. The van der Waals surface area contributed by atoms with Gasteiger partial charge in [0, 0.05) is 18.4 Å². The van der Waals surface area contributed by atoms with Gasteiger partial charge in [-0.25, -0.2) is 0 Å². The van der Waals surface area contributed by atoms with Gasteiger partial charge in [0.15, 0.2) is 0 Å². The smallest absolute Gasteiger partial charge is 0.0490 e. The van der Waals surface area contributed by atoms with Crippen molar-refractivity contribution in [2.75, 3.05) is 6.54 Å². The zero-order valence-corrected chi connectivity index (χ0v) is 9.08. The lowest BCUT2D eigenvalue weighted by molar-refractivity contribution is 0.377. The molecule has 1 heterocycles. The first-order valence-corrected chi connectivity index (χ1v) is 6.12. The van der Waals surface area contributed by atoms with Crippen LogP contribution in [-0.4, -0.2) is 16.7 Å². The van der Waals surface area contributed by atoms with Crippen molar-refractivity contribution in [2.45, 2.75) is 32.2 Å². The van der Waals surface area contributed by atoms with Crippen LogP contribution in [0.2, 0.25) is 0 Å². The van der Waals surface area contributed by atoms with Gasteiger partial charge in [-0.2, -0.15) is 5.10 Å². The summed E-state index contributed by atoms with van der Waals surface area (Å²) in [6, 6.07) is 2.04. The zero-order chi connectivity index (χ0) is 10.1. The number of hydrogen-bond acceptors (Lipinski definition) is 2. The minimum absolute atomic E-state index is 0.940. The van der Waals surface area contributed by atoms with E-state index in [9.17, 15) is 0 Å². The lowest BCUT2D eigenvalue weighted by Gasteiger charge is -2.15. The summed E-state index contributed by atoms with van der Waals surface area (Å²) in [6.07, 6.45) is 7.73. The minimum Gasteiger partial charge on any atom is -0.311 e. The van der Waals surface area contributed by atoms with E-state index >= 15 is 0 Å². The fourth-order valence-electron chi connectivity index (χ4n) is 2.52. The summed E-state index contributed by atoms with van der Waals surface area (Å²) in [5.74, 6) is 3.06. The molecule has 3 rings (SSSR count). The molecule has 2 fully saturated rings. The highest BCUT2D eigenvalue weighted by Gasteiger charge is 2.40. The van der Waals surface area contributed by atoms with E-state index in [1.54, 1.807) is 0 Å². The number of aromatic amines is 1. The minimum atomic E-state index is 0.940. The first kappa shape index (κ1) is 9.40. The molecule has 0 atom stereocenters. The second-order valence-electron chi connectivity index (χ2n) is 5.05. The molecule has 0 saturated heterocycles. The van der Waals surface area contributed by atoms with Gasteiger partial charge in [0.1, 0.15) is 0 Å². The van der Waals surface area contributed by atoms with Crippen LogP contribution in [0.1, 0.15) is 31.4 Å². The summed E-state index contributed by atoms with van der Waals surface area (Å²) in [5, 5.41) is 10.5. The molecule has 0 bridgehead atoms. The second-order valence-corrected chi connectivity index (χ2v) is 5.05. The van der Waals surface area contributed by atoms with E-state index < -0.39 is 0 Å². The highest BCUT2D eigenvalue weighted by molar-refractivity contribution is 4.97. The van der Waals surface area contributed by atoms with E-state index in [0.29, 0.717) is 0 Å². The van der Waals surface area contributed by atoms with Gasteiger partial charge in [-0.05, 0) is 56.0 Å². The third-order valence-electron chi connectivity index (χ3n) is 3.71. The molecule has 1 aromatic heterocycles. The Labute approximate surface area is 90.7 Å². The van der Waals surface area contributed by atoms with E-state index in [-0.39, 0.29) is 0 Å². The Kier molecular flexibility index (Phi) is 2.49. The first-order valence-electron chi connectivity index (χ1n) is 6.12. The number of aromatic nitrogens is 2. The highest BCUT2D eigenvalue weighted by Crippen LogP contribution is 2.48. The number of nitrogens with one attached hydrogen (secondary N) is 2. The Hall–Kier alpha value is -0.830. The van der Waals surface area contributed by atoms with Gasteiger partial charge >= 0.3 is 0 Å². The molecule has 0 radical (unpaired) electrons. The predicted octanol–water partition coefficient (Wildman–Crippen LogP) is 1.94. The first-order chi connectivity index (χ1) is 7.43. The summed E-state index contributed by atoms with van der Waals surface area (Å²) >= 11 is 0. The van der Waals surface area contributed by atoms with E-state index in [1.165, 1.54) is 37.9 Å². The summed E-state index contributed by atoms with van der Waals surface area (Å²) in [5.41, 5.74) is 1.19. The van der Waals surface area contributed by atoms with Crippen LogP contribution in [0.15, 0.2) is 12.3 Å². The molecule has 3 nitrogen and oxygen atoms in total. The predicted molar refractivity (Wildman–Crippen MR) is 59.2 cm³/mol. The van der Waals surface area contributed by atoms with Gasteiger partial charge in [0.2, 0.25) is 0 Å². The molecule has 3 heteroatoms. The average Bonchev–Trinajstić information content (AvgIpc) is 3.15. The average molecular weight is 205 g/mol. The van der Waals surface area contributed by atoms with Gasteiger partial charge in [-0.3, -0.25) is 5.10 Å². The van der Waals surface area contributed by atoms with Crippen LogP contribution in [0.25, 0.3) is 0 Å². The Morgan fingerprint density at radius 3 is 2.60 bits per heavy atom. The fraction of sp³-hybridized carbons (Fsp3) is 0.750. The summed E-state index contributed by atoms with van der Waals surface area (Å²) in [7, 11) is 0. The molecule has 0 aromatic carbocycles. The van der Waals surface area contributed by atoms with Crippen molar-refractivity contribution in [3.8, 4) is 0 Å². The summed E-state index contributed by atoms with van der Waals surface area (Å²) in [4.78, 5) is 0. The van der Waals surface area contributed by atoms with Crippen molar-refractivity contribution in [3.63, 3.8) is 0 Å². The van der Waals surface area contributed by atoms with Crippen LogP contribution in [0, 0.1) is 17.8 Å². The molecule has 82 valence electrons. The maximum Gasteiger partial charge on any atom is 0.0490 e. The van der Waals surface area contributed by atoms with Crippen LogP contribution in [0.3, 0.4) is 0 Å².